The molecule has 1 nitrogen and oxygen atoms in total. The molecule has 0 amide bonds. The molecule has 66 valence electrons. The molecule has 0 aromatic rings. The van der Waals surface area contributed by atoms with Crippen molar-refractivity contribution < 1.29 is 4.79 Å². The largest absolute Gasteiger partial charge is 0.298 e. The standard InChI is InChI=1S/C9H18OS/c1-6-8(10)7(2)11-9(3,4)5/h7H,6H2,1-5H3. The van der Waals surface area contributed by atoms with Gasteiger partial charge in [-0.2, -0.15) is 0 Å². The van der Waals surface area contributed by atoms with Crippen LogP contribution in [0, 0.1) is 0 Å². The Kier molecular flexibility index (Phi) is 4.16. The van der Waals surface area contributed by atoms with Crippen LogP contribution in [0.3, 0.4) is 0 Å². The molecule has 0 aliphatic carbocycles. The number of carbonyl (C=O) groups is 1. The number of hydrogen-bond acceptors (Lipinski definition) is 2. The van der Waals surface area contributed by atoms with E-state index >= 15 is 0 Å². The molecule has 0 aromatic carbocycles. The van der Waals surface area contributed by atoms with Gasteiger partial charge in [-0.1, -0.05) is 27.7 Å². The Labute approximate surface area is 73.9 Å². The first-order valence-electron chi connectivity index (χ1n) is 4.07. The molecule has 1 atom stereocenters. The van der Waals surface area contributed by atoms with Gasteiger partial charge < -0.3 is 0 Å². The molecule has 0 fully saturated rings. The number of thioether (sulfide) groups is 1. The van der Waals surface area contributed by atoms with Gasteiger partial charge in [0.05, 0.1) is 5.25 Å². The van der Waals surface area contributed by atoms with Gasteiger partial charge in [0.2, 0.25) is 0 Å². The van der Waals surface area contributed by atoms with Crippen molar-refractivity contribution in [1.82, 2.24) is 0 Å². The summed E-state index contributed by atoms with van der Waals surface area (Å²) in [5.41, 5.74) is 0. The summed E-state index contributed by atoms with van der Waals surface area (Å²) in [6.07, 6.45) is 0.657. The fourth-order valence-corrected chi connectivity index (χ4v) is 2.24. The van der Waals surface area contributed by atoms with E-state index in [1.807, 2.05) is 13.8 Å². The summed E-state index contributed by atoms with van der Waals surface area (Å²) in [5.74, 6) is 0.352. The van der Waals surface area contributed by atoms with E-state index in [-0.39, 0.29) is 10.00 Å². The zero-order valence-electron chi connectivity index (χ0n) is 8.10. The minimum atomic E-state index is 0.153. The molecule has 0 aromatic heterocycles. The summed E-state index contributed by atoms with van der Waals surface area (Å²) in [7, 11) is 0. The fourth-order valence-electron chi connectivity index (χ4n) is 0.884. The highest BCUT2D eigenvalue weighted by Gasteiger charge is 2.19. The number of ketones is 1. The van der Waals surface area contributed by atoms with Crippen LogP contribution in [0.4, 0.5) is 0 Å². The third-order valence-corrected chi connectivity index (χ3v) is 2.66. The summed E-state index contributed by atoms with van der Waals surface area (Å²) in [6.45, 7) is 10.3. The molecule has 0 rings (SSSR count). The molecule has 0 saturated heterocycles. The lowest BCUT2D eigenvalue weighted by Gasteiger charge is -2.21. The average Bonchev–Trinajstić information content (AvgIpc) is 1.82. The Morgan fingerprint density at radius 1 is 1.45 bits per heavy atom. The fraction of sp³-hybridized carbons (Fsp3) is 0.889. The van der Waals surface area contributed by atoms with Gasteiger partial charge in [0, 0.05) is 11.2 Å². The van der Waals surface area contributed by atoms with Crippen LogP contribution in [-0.4, -0.2) is 15.8 Å². The van der Waals surface area contributed by atoms with E-state index in [1.165, 1.54) is 0 Å². The van der Waals surface area contributed by atoms with Crippen LogP contribution in [0.2, 0.25) is 0 Å². The molecule has 0 radical (unpaired) electrons. The van der Waals surface area contributed by atoms with Crippen molar-refractivity contribution in [2.45, 2.75) is 51.0 Å². The van der Waals surface area contributed by atoms with Gasteiger partial charge in [0.15, 0.2) is 0 Å². The quantitative estimate of drug-likeness (QED) is 0.654. The highest BCUT2D eigenvalue weighted by molar-refractivity contribution is 8.01. The van der Waals surface area contributed by atoms with Gasteiger partial charge in [-0.3, -0.25) is 4.79 Å². The van der Waals surface area contributed by atoms with Gasteiger partial charge in [-0.05, 0) is 6.92 Å². The maximum Gasteiger partial charge on any atom is 0.145 e. The van der Waals surface area contributed by atoms with Gasteiger partial charge in [-0.15, -0.1) is 11.8 Å². The lowest BCUT2D eigenvalue weighted by atomic mass is 10.2. The van der Waals surface area contributed by atoms with E-state index in [9.17, 15) is 4.79 Å². The highest BCUT2D eigenvalue weighted by Crippen LogP contribution is 2.28. The summed E-state index contributed by atoms with van der Waals surface area (Å²) in [4.78, 5) is 11.2. The molecule has 11 heavy (non-hydrogen) atoms. The zero-order chi connectivity index (χ0) is 9.07. The minimum absolute atomic E-state index is 0.153. The molecule has 0 bridgehead atoms. The van der Waals surface area contributed by atoms with E-state index in [4.69, 9.17) is 0 Å². The van der Waals surface area contributed by atoms with Crippen molar-refractivity contribution in [1.29, 1.82) is 0 Å². The first-order chi connectivity index (χ1) is 4.87. The summed E-state index contributed by atoms with van der Waals surface area (Å²) < 4.78 is 0.199. The topological polar surface area (TPSA) is 17.1 Å². The van der Waals surface area contributed by atoms with Crippen LogP contribution in [0.5, 0.6) is 0 Å². The van der Waals surface area contributed by atoms with E-state index in [2.05, 4.69) is 20.8 Å². The second-order valence-electron chi connectivity index (χ2n) is 3.69. The molecule has 0 saturated carbocycles. The molecule has 0 N–H and O–H groups in total. The molecule has 0 heterocycles. The van der Waals surface area contributed by atoms with Crippen molar-refractivity contribution in [3.05, 3.63) is 0 Å². The van der Waals surface area contributed by atoms with Crippen molar-refractivity contribution in [2.24, 2.45) is 0 Å². The van der Waals surface area contributed by atoms with Crippen LogP contribution in [-0.2, 0) is 4.79 Å². The molecule has 0 aliphatic rings. The lowest BCUT2D eigenvalue weighted by molar-refractivity contribution is -0.118. The number of rotatable bonds is 3. The number of Topliss-reactive ketones (excluding diaryl/α,β-unsaturated/α-hetero) is 1. The predicted octanol–water partition coefficient (Wildman–Crippen LogP) is 2.89. The van der Waals surface area contributed by atoms with E-state index < -0.39 is 0 Å². The Bertz CT molecular complexity index is 135. The van der Waals surface area contributed by atoms with Gasteiger partial charge in [0.25, 0.3) is 0 Å². The Hall–Kier alpha value is 0.0200. The maximum atomic E-state index is 11.2. The third-order valence-electron chi connectivity index (χ3n) is 1.33. The average molecular weight is 174 g/mol. The van der Waals surface area contributed by atoms with Gasteiger partial charge >= 0.3 is 0 Å². The molecular weight excluding hydrogens is 156 g/mol. The predicted molar refractivity (Wildman–Crippen MR) is 52.1 cm³/mol. The smallest absolute Gasteiger partial charge is 0.145 e. The summed E-state index contributed by atoms with van der Waals surface area (Å²) >= 11 is 1.74. The third kappa shape index (κ3) is 5.31. The first-order valence-corrected chi connectivity index (χ1v) is 4.95. The molecular formula is C9H18OS. The van der Waals surface area contributed by atoms with Crippen molar-refractivity contribution in [3.63, 3.8) is 0 Å². The highest BCUT2D eigenvalue weighted by atomic mass is 32.2. The van der Waals surface area contributed by atoms with Crippen LogP contribution < -0.4 is 0 Å². The second-order valence-corrected chi connectivity index (χ2v) is 5.86. The summed E-state index contributed by atoms with van der Waals surface area (Å²) in [6, 6.07) is 0. The minimum Gasteiger partial charge on any atom is -0.298 e. The second kappa shape index (κ2) is 4.15. The Morgan fingerprint density at radius 3 is 2.18 bits per heavy atom. The van der Waals surface area contributed by atoms with E-state index in [0.717, 1.165) is 0 Å². The molecule has 0 aliphatic heterocycles. The van der Waals surface area contributed by atoms with Crippen LogP contribution >= 0.6 is 11.8 Å². The number of carbonyl (C=O) groups excluding carboxylic acids is 1. The molecule has 2 heteroatoms. The Balaban J connectivity index is 3.87. The molecule has 1 unspecified atom stereocenters. The van der Waals surface area contributed by atoms with Crippen molar-refractivity contribution in [2.75, 3.05) is 0 Å². The van der Waals surface area contributed by atoms with Crippen LogP contribution in [0.15, 0.2) is 0 Å². The lowest BCUT2D eigenvalue weighted by Crippen LogP contribution is -2.20. The van der Waals surface area contributed by atoms with E-state index in [1.54, 1.807) is 11.8 Å². The Morgan fingerprint density at radius 2 is 1.91 bits per heavy atom. The van der Waals surface area contributed by atoms with Crippen molar-refractivity contribution in [3.8, 4) is 0 Å². The maximum absolute atomic E-state index is 11.2. The van der Waals surface area contributed by atoms with E-state index in [0.29, 0.717) is 12.2 Å². The number of hydrogen-bond donors (Lipinski definition) is 0. The zero-order valence-corrected chi connectivity index (χ0v) is 8.92. The SMILES string of the molecule is CCC(=O)C(C)SC(C)(C)C. The van der Waals surface area contributed by atoms with Crippen LogP contribution in [0.25, 0.3) is 0 Å². The normalized spacial score (nSPS) is 14.6. The van der Waals surface area contributed by atoms with Crippen LogP contribution in [0.1, 0.15) is 41.0 Å². The monoisotopic (exact) mass is 174 g/mol. The van der Waals surface area contributed by atoms with Crippen molar-refractivity contribution >= 4 is 17.5 Å². The first kappa shape index (κ1) is 11.0. The van der Waals surface area contributed by atoms with Gasteiger partial charge in [0.1, 0.15) is 5.78 Å². The molecule has 0 spiro atoms. The summed E-state index contributed by atoms with van der Waals surface area (Å²) in [5, 5.41) is 0.153. The van der Waals surface area contributed by atoms with Gasteiger partial charge in [-0.25, -0.2) is 0 Å².